The Hall–Kier alpha value is -2.12. The maximum Gasteiger partial charge on any atom is 0.318 e. The Morgan fingerprint density at radius 2 is 2.42 bits per heavy atom. The van der Waals surface area contributed by atoms with E-state index < -0.39 is 0 Å². The van der Waals surface area contributed by atoms with Crippen LogP contribution in [-0.4, -0.2) is 47.3 Å². The van der Waals surface area contributed by atoms with Gasteiger partial charge in [-0.05, 0) is 25.0 Å². The second-order valence-electron chi connectivity index (χ2n) is 5.69. The summed E-state index contributed by atoms with van der Waals surface area (Å²) in [7, 11) is 1.64. The molecule has 0 spiro atoms. The molecule has 2 heterocycles. The van der Waals surface area contributed by atoms with Crippen LogP contribution in [0.25, 0.3) is 10.6 Å². The first-order valence-corrected chi connectivity index (χ1v) is 8.77. The maximum atomic E-state index is 12.2. The second-order valence-corrected chi connectivity index (χ2v) is 6.81. The third kappa shape index (κ3) is 3.68. The summed E-state index contributed by atoms with van der Waals surface area (Å²) < 4.78 is 5.23. The highest BCUT2D eigenvalue weighted by atomic mass is 32.1. The number of likely N-dealkylation sites (tertiary alicyclic amines) is 1. The number of hydrogen-bond donors (Lipinski definition) is 2. The van der Waals surface area contributed by atoms with Gasteiger partial charge in [0.1, 0.15) is 10.8 Å². The van der Waals surface area contributed by atoms with Gasteiger partial charge < -0.3 is 20.1 Å². The van der Waals surface area contributed by atoms with E-state index >= 15 is 0 Å². The minimum atomic E-state index is -0.122. The minimum absolute atomic E-state index is 0.0218. The molecule has 1 fully saturated rings. The zero-order chi connectivity index (χ0) is 16.9. The first-order chi connectivity index (χ1) is 11.7. The van der Waals surface area contributed by atoms with E-state index in [-0.39, 0.29) is 18.7 Å². The van der Waals surface area contributed by atoms with Gasteiger partial charge in [-0.25, -0.2) is 9.78 Å². The van der Waals surface area contributed by atoms with Gasteiger partial charge in [-0.3, -0.25) is 0 Å². The van der Waals surface area contributed by atoms with E-state index in [1.807, 2.05) is 24.3 Å². The molecule has 1 aromatic carbocycles. The molecule has 2 aromatic rings. The number of thiazole rings is 1. The quantitative estimate of drug-likeness (QED) is 0.871. The number of aliphatic hydroxyl groups excluding tert-OH is 1. The van der Waals surface area contributed by atoms with Gasteiger partial charge in [-0.1, -0.05) is 12.1 Å². The molecule has 7 heteroatoms. The zero-order valence-corrected chi connectivity index (χ0v) is 14.4. The number of benzene rings is 1. The van der Waals surface area contributed by atoms with Crippen molar-refractivity contribution in [1.29, 1.82) is 0 Å². The predicted octanol–water partition coefficient (Wildman–Crippen LogP) is 2.49. The minimum Gasteiger partial charge on any atom is -0.497 e. The second kappa shape index (κ2) is 7.63. The molecule has 1 aliphatic rings. The molecule has 1 saturated heterocycles. The SMILES string of the molecule is COc1cccc(-c2ncc(CNC(=O)N3CCC[C@H]3CO)s2)c1. The largest absolute Gasteiger partial charge is 0.497 e. The van der Waals surface area contributed by atoms with Gasteiger partial charge in [0, 0.05) is 23.2 Å². The van der Waals surface area contributed by atoms with E-state index in [2.05, 4.69) is 10.3 Å². The summed E-state index contributed by atoms with van der Waals surface area (Å²) in [4.78, 5) is 19.3. The third-order valence-corrected chi connectivity index (χ3v) is 5.18. The van der Waals surface area contributed by atoms with Crippen LogP contribution in [-0.2, 0) is 6.54 Å². The van der Waals surface area contributed by atoms with Crippen LogP contribution in [0.3, 0.4) is 0 Å². The number of carbonyl (C=O) groups excluding carboxylic acids is 1. The number of nitrogens with zero attached hydrogens (tertiary/aromatic N) is 2. The van der Waals surface area contributed by atoms with Crippen molar-refractivity contribution in [2.45, 2.75) is 25.4 Å². The van der Waals surface area contributed by atoms with Gasteiger partial charge in [0.05, 0.1) is 26.3 Å². The van der Waals surface area contributed by atoms with Gasteiger partial charge in [0.15, 0.2) is 0 Å². The normalized spacial score (nSPS) is 17.1. The van der Waals surface area contributed by atoms with Crippen molar-refractivity contribution < 1.29 is 14.6 Å². The Labute approximate surface area is 145 Å². The fraction of sp³-hybridized carbons (Fsp3) is 0.412. The molecule has 0 bridgehead atoms. The monoisotopic (exact) mass is 347 g/mol. The van der Waals surface area contributed by atoms with E-state index in [0.717, 1.165) is 34.0 Å². The molecule has 1 aromatic heterocycles. The van der Waals surface area contributed by atoms with Crippen LogP contribution in [0.5, 0.6) is 5.75 Å². The average molecular weight is 347 g/mol. The number of rotatable bonds is 5. The molecule has 24 heavy (non-hydrogen) atoms. The van der Waals surface area contributed by atoms with Crippen LogP contribution >= 0.6 is 11.3 Å². The van der Waals surface area contributed by atoms with Crippen LogP contribution in [0, 0.1) is 0 Å². The first-order valence-electron chi connectivity index (χ1n) is 7.95. The van der Waals surface area contributed by atoms with E-state index in [1.54, 1.807) is 29.5 Å². The summed E-state index contributed by atoms with van der Waals surface area (Å²) in [5.41, 5.74) is 0.997. The molecule has 1 aliphatic heterocycles. The van der Waals surface area contributed by atoms with Crippen molar-refractivity contribution in [2.75, 3.05) is 20.3 Å². The topological polar surface area (TPSA) is 74.7 Å². The molecule has 2 N–H and O–H groups in total. The zero-order valence-electron chi connectivity index (χ0n) is 13.6. The molecule has 0 radical (unpaired) electrons. The lowest BCUT2D eigenvalue weighted by Gasteiger charge is -2.23. The predicted molar refractivity (Wildman–Crippen MR) is 93.2 cm³/mol. The fourth-order valence-electron chi connectivity index (χ4n) is 2.84. The highest BCUT2D eigenvalue weighted by Crippen LogP contribution is 2.28. The van der Waals surface area contributed by atoms with E-state index in [4.69, 9.17) is 4.74 Å². The van der Waals surface area contributed by atoms with Gasteiger partial charge in [0.25, 0.3) is 0 Å². The number of methoxy groups -OCH3 is 1. The number of carbonyl (C=O) groups is 1. The summed E-state index contributed by atoms with van der Waals surface area (Å²) in [6, 6.07) is 7.57. The summed E-state index contributed by atoms with van der Waals surface area (Å²) in [6.07, 6.45) is 3.59. The maximum absolute atomic E-state index is 12.2. The molecule has 2 amide bonds. The van der Waals surface area contributed by atoms with E-state index in [0.29, 0.717) is 13.1 Å². The standard InChI is InChI=1S/C17H21N3O3S/c1-23-14-6-2-4-12(8-14)16-18-9-15(24-16)10-19-17(22)20-7-3-5-13(20)11-21/h2,4,6,8-9,13,21H,3,5,7,10-11H2,1H3,(H,19,22)/t13-/m0/s1. The van der Waals surface area contributed by atoms with Crippen molar-refractivity contribution in [3.05, 3.63) is 35.3 Å². The van der Waals surface area contributed by atoms with Gasteiger partial charge >= 0.3 is 6.03 Å². The lowest BCUT2D eigenvalue weighted by molar-refractivity contribution is 0.157. The molecule has 1 atom stereocenters. The van der Waals surface area contributed by atoms with Crippen molar-refractivity contribution in [1.82, 2.24) is 15.2 Å². The van der Waals surface area contributed by atoms with Gasteiger partial charge in [0.2, 0.25) is 0 Å². The number of urea groups is 1. The number of nitrogens with one attached hydrogen (secondary N) is 1. The molecular weight excluding hydrogens is 326 g/mol. The van der Waals surface area contributed by atoms with E-state index in [1.165, 1.54) is 0 Å². The summed E-state index contributed by atoms with van der Waals surface area (Å²) in [5, 5.41) is 13.1. The van der Waals surface area contributed by atoms with Crippen LogP contribution in [0.4, 0.5) is 4.79 Å². The van der Waals surface area contributed by atoms with Gasteiger partial charge in [-0.2, -0.15) is 0 Å². The molecular formula is C17H21N3O3S. The molecule has 0 saturated carbocycles. The van der Waals surface area contributed by atoms with Crippen molar-refractivity contribution in [3.63, 3.8) is 0 Å². The molecule has 6 nitrogen and oxygen atoms in total. The number of aliphatic hydroxyl groups is 1. The summed E-state index contributed by atoms with van der Waals surface area (Å²) in [5.74, 6) is 0.793. The van der Waals surface area contributed by atoms with Crippen molar-refractivity contribution in [3.8, 4) is 16.3 Å². The fourth-order valence-corrected chi connectivity index (χ4v) is 3.68. The Morgan fingerprint density at radius 1 is 1.54 bits per heavy atom. The molecule has 128 valence electrons. The average Bonchev–Trinajstić information content (AvgIpc) is 3.28. The number of amides is 2. The Kier molecular flexibility index (Phi) is 5.32. The molecule has 3 rings (SSSR count). The molecule has 0 unspecified atom stereocenters. The lowest BCUT2D eigenvalue weighted by atomic mass is 10.2. The Balaban J connectivity index is 1.61. The lowest BCUT2D eigenvalue weighted by Crippen LogP contribution is -2.43. The Bertz CT molecular complexity index is 704. The van der Waals surface area contributed by atoms with Crippen molar-refractivity contribution >= 4 is 17.4 Å². The van der Waals surface area contributed by atoms with Gasteiger partial charge in [-0.15, -0.1) is 11.3 Å². The number of aromatic nitrogens is 1. The van der Waals surface area contributed by atoms with Crippen molar-refractivity contribution in [2.24, 2.45) is 0 Å². The van der Waals surface area contributed by atoms with Crippen LogP contribution in [0.1, 0.15) is 17.7 Å². The van der Waals surface area contributed by atoms with Crippen LogP contribution in [0.15, 0.2) is 30.5 Å². The highest BCUT2D eigenvalue weighted by Gasteiger charge is 2.27. The van der Waals surface area contributed by atoms with E-state index in [9.17, 15) is 9.90 Å². The summed E-state index contributed by atoms with van der Waals surface area (Å²) >= 11 is 1.55. The van der Waals surface area contributed by atoms with Crippen LogP contribution < -0.4 is 10.1 Å². The highest BCUT2D eigenvalue weighted by molar-refractivity contribution is 7.15. The van der Waals surface area contributed by atoms with Crippen LogP contribution in [0.2, 0.25) is 0 Å². The number of ether oxygens (including phenoxy) is 1. The third-order valence-electron chi connectivity index (χ3n) is 4.13. The molecule has 0 aliphatic carbocycles. The Morgan fingerprint density at radius 3 is 3.21 bits per heavy atom. The number of hydrogen-bond acceptors (Lipinski definition) is 5. The first kappa shape index (κ1) is 16.7. The summed E-state index contributed by atoms with van der Waals surface area (Å²) in [6.45, 7) is 1.16. The smallest absolute Gasteiger partial charge is 0.318 e.